The first-order chi connectivity index (χ1) is 35.0. The molecule has 2 aliphatic rings. The van der Waals surface area contributed by atoms with Gasteiger partial charge < -0.3 is 9.47 Å². The summed E-state index contributed by atoms with van der Waals surface area (Å²) in [6.07, 6.45) is 4.93. The molecule has 0 unspecified atom stereocenters. The summed E-state index contributed by atoms with van der Waals surface area (Å²) in [5.41, 5.74) is 3.55. The minimum absolute atomic E-state index is 0.179. The lowest BCUT2D eigenvalue weighted by atomic mass is 9.84. The van der Waals surface area contributed by atoms with Crippen LogP contribution in [0.2, 0.25) is 0 Å². The summed E-state index contributed by atoms with van der Waals surface area (Å²) in [5, 5.41) is 9.78. The summed E-state index contributed by atoms with van der Waals surface area (Å²) in [7, 11) is 3.09. The van der Waals surface area contributed by atoms with Crippen molar-refractivity contribution in [1.82, 2.24) is 29.5 Å². The van der Waals surface area contributed by atoms with E-state index in [0.29, 0.717) is 108 Å². The Hall–Kier alpha value is -7.38. The highest BCUT2D eigenvalue weighted by molar-refractivity contribution is 8.00. The Labute approximate surface area is 430 Å². The van der Waals surface area contributed by atoms with E-state index < -0.39 is 11.9 Å². The lowest BCUT2D eigenvalue weighted by molar-refractivity contribution is 0.0500. The highest BCUT2D eigenvalue weighted by Gasteiger charge is 2.36. The van der Waals surface area contributed by atoms with E-state index in [1.165, 1.54) is 54.2 Å². The Balaban J connectivity index is 0.000000182. The number of aryl methyl sites for hydroxylation is 2. The van der Waals surface area contributed by atoms with E-state index in [0.717, 1.165) is 13.0 Å². The van der Waals surface area contributed by atoms with Crippen LogP contribution in [0.3, 0.4) is 0 Å². The average molecular weight is 1030 g/mol. The molecule has 0 N–H and O–H groups in total. The van der Waals surface area contributed by atoms with Crippen LogP contribution >= 0.6 is 47.0 Å². The van der Waals surface area contributed by atoms with E-state index in [2.05, 4.69) is 27.1 Å². The summed E-state index contributed by atoms with van der Waals surface area (Å²) in [5.74, 6) is -1.83. The zero-order valence-corrected chi connectivity index (χ0v) is 42.4. The van der Waals surface area contributed by atoms with Crippen molar-refractivity contribution in [3.8, 4) is 0 Å². The van der Waals surface area contributed by atoms with Gasteiger partial charge in [0, 0.05) is 87.5 Å². The van der Waals surface area contributed by atoms with Crippen LogP contribution < -0.4 is 0 Å². The van der Waals surface area contributed by atoms with Crippen molar-refractivity contribution in [1.29, 1.82) is 0 Å². The van der Waals surface area contributed by atoms with Crippen molar-refractivity contribution >= 4 is 82.1 Å². The Morgan fingerprint density at radius 1 is 0.486 bits per heavy atom. The first kappa shape index (κ1) is 49.6. The predicted octanol–water partition coefficient (Wildman–Crippen LogP) is 11.0. The lowest BCUT2D eigenvalue weighted by Gasteiger charge is -2.22. The maximum Gasteiger partial charge on any atom is 0.339 e. The Morgan fingerprint density at radius 3 is 1.31 bits per heavy atom. The average Bonchev–Trinajstić information content (AvgIpc) is 4.03. The van der Waals surface area contributed by atoms with Crippen molar-refractivity contribution in [3.63, 3.8) is 0 Å². The minimum Gasteiger partial charge on any atom is -0.465 e. The molecule has 0 amide bonds. The quantitative estimate of drug-likeness (QED) is 0.0937. The van der Waals surface area contributed by atoms with Gasteiger partial charge in [0.15, 0.2) is 23.1 Å². The molecule has 2 aliphatic carbocycles. The van der Waals surface area contributed by atoms with E-state index >= 15 is 0 Å². The summed E-state index contributed by atoms with van der Waals surface area (Å²) in [6.45, 7) is 5.08. The summed E-state index contributed by atoms with van der Waals surface area (Å²) in [6, 6.07) is 34.9. The smallest absolute Gasteiger partial charge is 0.339 e. The number of methoxy groups -OCH3 is 1. The molecule has 360 valence electrons. The molecule has 0 bridgehead atoms. The number of ether oxygens (including phenoxy) is 2. The van der Waals surface area contributed by atoms with Crippen LogP contribution in [-0.4, -0.2) is 78.3 Å². The van der Waals surface area contributed by atoms with Crippen LogP contribution in [0.25, 0.3) is 0 Å². The van der Waals surface area contributed by atoms with Gasteiger partial charge in [0.2, 0.25) is 10.3 Å². The van der Waals surface area contributed by atoms with Gasteiger partial charge in [0.25, 0.3) is 0 Å². The van der Waals surface area contributed by atoms with Crippen molar-refractivity contribution in [2.45, 2.75) is 72.9 Å². The van der Waals surface area contributed by atoms with Crippen LogP contribution in [0.5, 0.6) is 0 Å². The number of hydrogen-bond donors (Lipinski definition) is 0. The molecule has 0 aliphatic heterocycles. The predicted molar refractivity (Wildman–Crippen MR) is 272 cm³/mol. The number of rotatable bonds is 14. The first-order valence-electron chi connectivity index (χ1n) is 22.6. The number of benzene rings is 6. The highest BCUT2D eigenvalue weighted by atomic mass is 32.2. The number of fused-ring (bicyclic) bond motifs is 4. The fraction of sp³-hybridized carbons (Fsp3) is 0.148. The third-order valence-corrected chi connectivity index (χ3v) is 15.3. The molecule has 6 aromatic carbocycles. The SMILES string of the molecule is CCCOC(=O)c1ccccc1Sc1cccc2c1C(=O)c1cccc(Sc3ccccc3C(=O)OC)c1C2=O.CCCn1cnc(Sc2cccc3c2C(=O)c2cccc(Sc4ncn(C)n4)c2C3=O)n1. The number of aromatic nitrogens is 6. The number of esters is 2. The summed E-state index contributed by atoms with van der Waals surface area (Å²) in [4.78, 5) is 92.1. The Kier molecular flexibility index (Phi) is 15.1. The lowest BCUT2D eigenvalue weighted by Crippen LogP contribution is -2.22. The molecule has 0 saturated heterocycles. The maximum absolute atomic E-state index is 13.9. The van der Waals surface area contributed by atoms with E-state index in [-0.39, 0.29) is 23.1 Å². The second-order valence-corrected chi connectivity index (χ2v) is 20.2. The highest BCUT2D eigenvalue weighted by Crippen LogP contribution is 2.43. The number of nitrogens with zero attached hydrogens (tertiary/aromatic N) is 6. The molecule has 72 heavy (non-hydrogen) atoms. The van der Waals surface area contributed by atoms with E-state index in [4.69, 9.17) is 9.47 Å². The van der Waals surface area contributed by atoms with E-state index in [1.54, 1.807) is 132 Å². The van der Waals surface area contributed by atoms with Gasteiger partial charge in [0.05, 0.1) is 24.8 Å². The third-order valence-electron chi connectivity index (χ3n) is 11.2. The molecule has 10 rings (SSSR count). The molecule has 2 heterocycles. The zero-order valence-electron chi connectivity index (χ0n) is 39.1. The monoisotopic (exact) mass is 1030 g/mol. The van der Waals surface area contributed by atoms with Crippen molar-refractivity contribution in [2.24, 2.45) is 7.05 Å². The molecule has 0 fully saturated rings. The largest absolute Gasteiger partial charge is 0.465 e. The standard InChI is InChI=1S/C32H24O6S2.C22H18N6O2S2/c1-3-18-38-32(36)20-11-5-7-15-24(20)40-26-17-9-13-22-28(26)30(34)21-12-8-16-25(27(21)29(22)33)39-23-14-6-4-10-19(23)31(35)37-2;1-3-10-28-12-24-22(26-28)32-16-9-5-7-14-18(16)20(30)13-6-4-8-15(17(13)19(14)29)31-21-23-11-27(2)25-21/h4-17H,3,18H2,1-2H3;4-9,11-12H,3,10H2,1-2H3. The number of carbonyl (C=O) groups excluding carboxylic acids is 6. The van der Waals surface area contributed by atoms with E-state index in [1.807, 2.05) is 25.1 Å². The van der Waals surface area contributed by atoms with Crippen molar-refractivity contribution in [2.75, 3.05) is 13.7 Å². The molecule has 8 aromatic rings. The topological polar surface area (TPSA) is 182 Å². The number of hydrogen-bond acceptors (Lipinski definition) is 16. The molecule has 2 aromatic heterocycles. The zero-order chi connectivity index (χ0) is 50.5. The maximum atomic E-state index is 13.9. The van der Waals surface area contributed by atoms with Crippen LogP contribution in [0.15, 0.2) is 174 Å². The van der Waals surface area contributed by atoms with Crippen LogP contribution in [0, 0.1) is 0 Å². The summed E-state index contributed by atoms with van der Waals surface area (Å²) < 4.78 is 13.6. The van der Waals surface area contributed by atoms with Crippen LogP contribution in [0.4, 0.5) is 0 Å². The summed E-state index contributed by atoms with van der Waals surface area (Å²) >= 11 is 5.06. The second kappa shape index (κ2) is 21.9. The van der Waals surface area contributed by atoms with Gasteiger partial charge in [-0.2, -0.15) is 0 Å². The minimum atomic E-state index is -0.485. The molecule has 18 heteroatoms. The normalized spacial score (nSPS) is 12.3. The Bertz CT molecular complexity index is 3480. The van der Waals surface area contributed by atoms with E-state index in [9.17, 15) is 28.8 Å². The molecule has 0 atom stereocenters. The number of ketones is 4. The van der Waals surface area contributed by atoms with Gasteiger partial charge in [-0.1, -0.05) is 110 Å². The van der Waals surface area contributed by atoms with Gasteiger partial charge in [-0.15, -0.1) is 10.2 Å². The molecule has 0 spiro atoms. The van der Waals surface area contributed by atoms with Gasteiger partial charge in [-0.25, -0.2) is 19.6 Å². The van der Waals surface area contributed by atoms with Crippen molar-refractivity contribution in [3.05, 3.63) is 190 Å². The van der Waals surface area contributed by atoms with Crippen molar-refractivity contribution < 1.29 is 38.2 Å². The number of carbonyl (C=O) groups is 6. The molecular formula is C54H42N6O8S4. The fourth-order valence-electron chi connectivity index (χ4n) is 7.99. The van der Waals surface area contributed by atoms with Gasteiger partial charge >= 0.3 is 11.9 Å². The third kappa shape index (κ3) is 10.1. The van der Waals surface area contributed by atoms with Gasteiger partial charge in [-0.05, 0) is 84.9 Å². The second-order valence-electron chi connectivity index (χ2n) is 16.1. The molecule has 14 nitrogen and oxygen atoms in total. The van der Waals surface area contributed by atoms with Gasteiger partial charge in [-0.3, -0.25) is 28.5 Å². The first-order valence-corrected chi connectivity index (χ1v) is 25.9. The molecule has 0 saturated carbocycles. The van der Waals surface area contributed by atoms with Crippen LogP contribution in [0.1, 0.15) is 111 Å². The van der Waals surface area contributed by atoms with Gasteiger partial charge in [0.1, 0.15) is 12.7 Å². The van der Waals surface area contributed by atoms with Crippen LogP contribution in [-0.2, 0) is 23.1 Å². The molecular weight excluding hydrogens is 989 g/mol. The Morgan fingerprint density at radius 2 is 0.889 bits per heavy atom. The molecule has 0 radical (unpaired) electrons. The fourth-order valence-corrected chi connectivity index (χ4v) is 12.0.